The minimum atomic E-state index is -3.52. The minimum absolute atomic E-state index is 0.100. The van der Waals surface area contributed by atoms with Gasteiger partial charge in [-0.05, 0) is 37.6 Å². The molecule has 0 radical (unpaired) electrons. The number of benzene rings is 1. The van der Waals surface area contributed by atoms with Crippen LogP contribution in [0.4, 0.5) is 5.69 Å². The van der Waals surface area contributed by atoms with Crippen LogP contribution in [0.25, 0.3) is 11.3 Å². The van der Waals surface area contributed by atoms with Gasteiger partial charge in [0.15, 0.2) is 0 Å². The third-order valence-electron chi connectivity index (χ3n) is 3.05. The third kappa shape index (κ3) is 3.17. The summed E-state index contributed by atoms with van der Waals surface area (Å²) >= 11 is 0. The second kappa shape index (κ2) is 5.64. The summed E-state index contributed by atoms with van der Waals surface area (Å²) in [4.78, 5) is 0. The van der Waals surface area contributed by atoms with Crippen LogP contribution in [0.2, 0.25) is 0 Å². The molecule has 0 amide bonds. The van der Waals surface area contributed by atoms with E-state index in [1.54, 1.807) is 25.4 Å². The van der Waals surface area contributed by atoms with Crippen LogP contribution < -0.4 is 4.72 Å². The minimum Gasteiger partial charge on any atom is -0.278 e. The lowest BCUT2D eigenvalue weighted by Gasteiger charge is -2.21. The van der Waals surface area contributed by atoms with E-state index in [0.29, 0.717) is 5.69 Å². The summed E-state index contributed by atoms with van der Waals surface area (Å²) < 4.78 is 27.9. The van der Waals surface area contributed by atoms with Crippen molar-refractivity contribution in [3.8, 4) is 11.3 Å². The van der Waals surface area contributed by atoms with Crippen molar-refractivity contribution in [2.75, 3.05) is 11.8 Å². The Morgan fingerprint density at radius 1 is 1.20 bits per heavy atom. The van der Waals surface area contributed by atoms with E-state index in [0.717, 1.165) is 11.3 Å². The Hall–Kier alpha value is -1.86. The molecule has 0 aliphatic heterocycles. The van der Waals surface area contributed by atoms with Gasteiger partial charge in [-0.2, -0.15) is 17.8 Å². The van der Waals surface area contributed by atoms with Gasteiger partial charge in [-0.15, -0.1) is 0 Å². The number of hydrogen-bond acceptors (Lipinski definition) is 3. The molecule has 7 heteroatoms. The van der Waals surface area contributed by atoms with Crippen LogP contribution in [0.3, 0.4) is 0 Å². The van der Waals surface area contributed by atoms with E-state index in [1.165, 1.54) is 4.31 Å². The lowest BCUT2D eigenvalue weighted by atomic mass is 10.1. The summed E-state index contributed by atoms with van der Waals surface area (Å²) in [6.45, 7) is 3.64. The average Bonchev–Trinajstić information content (AvgIpc) is 2.92. The maximum Gasteiger partial charge on any atom is 0.301 e. The summed E-state index contributed by atoms with van der Waals surface area (Å²) in [5, 5.41) is 6.74. The van der Waals surface area contributed by atoms with Crippen LogP contribution in [-0.2, 0) is 10.2 Å². The zero-order chi connectivity index (χ0) is 14.8. The molecule has 1 heterocycles. The Morgan fingerprint density at radius 3 is 2.35 bits per heavy atom. The van der Waals surface area contributed by atoms with Crippen molar-refractivity contribution in [1.29, 1.82) is 0 Å². The molecule has 0 saturated heterocycles. The highest BCUT2D eigenvalue weighted by molar-refractivity contribution is 7.90. The molecule has 6 nitrogen and oxygen atoms in total. The third-order valence-corrected chi connectivity index (χ3v) is 4.72. The zero-order valence-electron chi connectivity index (χ0n) is 11.7. The summed E-state index contributed by atoms with van der Waals surface area (Å²) in [5.74, 6) is 0. The molecule has 108 valence electrons. The summed E-state index contributed by atoms with van der Waals surface area (Å²) in [6.07, 6.45) is 1.67. The summed E-state index contributed by atoms with van der Waals surface area (Å²) in [6, 6.07) is 8.87. The molecule has 0 fully saturated rings. The van der Waals surface area contributed by atoms with Crippen molar-refractivity contribution < 1.29 is 8.42 Å². The van der Waals surface area contributed by atoms with Crippen LogP contribution in [0.1, 0.15) is 13.8 Å². The van der Waals surface area contributed by atoms with Crippen molar-refractivity contribution in [3.63, 3.8) is 0 Å². The summed E-state index contributed by atoms with van der Waals surface area (Å²) in [7, 11) is -1.97. The lowest BCUT2D eigenvalue weighted by molar-refractivity contribution is 0.414. The maximum atomic E-state index is 12.1. The first-order valence-electron chi connectivity index (χ1n) is 6.26. The van der Waals surface area contributed by atoms with Crippen LogP contribution in [0.5, 0.6) is 0 Å². The van der Waals surface area contributed by atoms with Crippen LogP contribution >= 0.6 is 0 Å². The first kappa shape index (κ1) is 14.5. The predicted molar refractivity (Wildman–Crippen MR) is 79.5 cm³/mol. The predicted octanol–water partition coefficient (Wildman–Crippen LogP) is 2.07. The van der Waals surface area contributed by atoms with E-state index in [4.69, 9.17) is 0 Å². The zero-order valence-corrected chi connectivity index (χ0v) is 12.5. The van der Waals surface area contributed by atoms with Crippen LogP contribution in [0.15, 0.2) is 36.5 Å². The van der Waals surface area contributed by atoms with Gasteiger partial charge in [-0.25, -0.2) is 0 Å². The van der Waals surface area contributed by atoms with Crippen molar-refractivity contribution in [3.05, 3.63) is 36.5 Å². The van der Waals surface area contributed by atoms with Gasteiger partial charge in [-0.1, -0.05) is 12.1 Å². The van der Waals surface area contributed by atoms with Gasteiger partial charge < -0.3 is 0 Å². The smallest absolute Gasteiger partial charge is 0.278 e. The van der Waals surface area contributed by atoms with Gasteiger partial charge in [0.05, 0.1) is 5.69 Å². The van der Waals surface area contributed by atoms with E-state index in [9.17, 15) is 8.42 Å². The molecule has 0 unspecified atom stereocenters. The molecule has 0 bridgehead atoms. The number of hydrogen-bond donors (Lipinski definition) is 2. The maximum absolute atomic E-state index is 12.1. The molecule has 2 N–H and O–H groups in total. The molecule has 0 aliphatic carbocycles. The Labute approximate surface area is 119 Å². The number of nitrogens with zero attached hydrogens (tertiary/aromatic N) is 2. The highest BCUT2D eigenvalue weighted by Gasteiger charge is 2.20. The number of rotatable bonds is 5. The van der Waals surface area contributed by atoms with Gasteiger partial charge in [0.25, 0.3) is 0 Å². The van der Waals surface area contributed by atoms with Gasteiger partial charge >= 0.3 is 10.2 Å². The number of anilines is 1. The SMILES string of the molecule is CC(C)N(C)S(=O)(=O)Nc1ccc(-c2ccn[nH]2)cc1. The molecule has 2 aromatic rings. The van der Waals surface area contributed by atoms with E-state index < -0.39 is 10.2 Å². The van der Waals surface area contributed by atoms with E-state index >= 15 is 0 Å². The summed E-state index contributed by atoms with van der Waals surface area (Å²) in [5.41, 5.74) is 2.36. The highest BCUT2D eigenvalue weighted by Crippen LogP contribution is 2.20. The van der Waals surface area contributed by atoms with Crippen LogP contribution in [0, 0.1) is 0 Å². The van der Waals surface area contributed by atoms with Gasteiger partial charge in [-0.3, -0.25) is 9.82 Å². The molecular weight excluding hydrogens is 276 g/mol. The van der Waals surface area contributed by atoms with Crippen molar-refractivity contribution in [2.45, 2.75) is 19.9 Å². The van der Waals surface area contributed by atoms with Gasteiger partial charge in [0.2, 0.25) is 0 Å². The first-order valence-corrected chi connectivity index (χ1v) is 7.70. The second-order valence-electron chi connectivity index (χ2n) is 4.76. The molecule has 0 aliphatic rings. The van der Waals surface area contributed by atoms with Gasteiger partial charge in [0.1, 0.15) is 0 Å². The molecule has 0 spiro atoms. The van der Waals surface area contributed by atoms with Crippen molar-refractivity contribution >= 4 is 15.9 Å². The fourth-order valence-electron chi connectivity index (χ4n) is 1.63. The van der Waals surface area contributed by atoms with Gasteiger partial charge in [0, 0.05) is 25.0 Å². The molecule has 1 aromatic heterocycles. The Balaban J connectivity index is 2.15. The highest BCUT2D eigenvalue weighted by atomic mass is 32.2. The monoisotopic (exact) mass is 294 g/mol. The second-order valence-corrected chi connectivity index (χ2v) is 6.49. The molecule has 20 heavy (non-hydrogen) atoms. The topological polar surface area (TPSA) is 78.1 Å². The van der Waals surface area contributed by atoms with Crippen molar-refractivity contribution in [1.82, 2.24) is 14.5 Å². The van der Waals surface area contributed by atoms with E-state index in [2.05, 4.69) is 14.9 Å². The molecule has 0 atom stereocenters. The molecule has 0 saturated carbocycles. The Morgan fingerprint density at radius 2 is 1.85 bits per heavy atom. The first-order chi connectivity index (χ1) is 9.40. The Bertz CT molecular complexity index is 648. The van der Waals surface area contributed by atoms with E-state index in [-0.39, 0.29) is 6.04 Å². The normalized spacial score (nSPS) is 12.1. The van der Waals surface area contributed by atoms with Crippen molar-refractivity contribution in [2.24, 2.45) is 0 Å². The Kier molecular flexibility index (Phi) is 4.10. The lowest BCUT2D eigenvalue weighted by Crippen LogP contribution is -2.37. The number of nitrogens with one attached hydrogen (secondary N) is 2. The molecule has 2 rings (SSSR count). The largest absolute Gasteiger partial charge is 0.301 e. The standard InChI is InChI=1S/C13H18N4O2S/c1-10(2)17(3)20(18,19)16-12-6-4-11(5-7-12)13-8-9-14-15-13/h4-10,16H,1-3H3,(H,14,15). The quantitative estimate of drug-likeness (QED) is 0.886. The fraction of sp³-hybridized carbons (Fsp3) is 0.308. The number of aromatic nitrogens is 2. The number of H-pyrrole nitrogens is 1. The van der Waals surface area contributed by atoms with E-state index in [1.807, 2.05) is 32.0 Å². The number of aromatic amines is 1. The van der Waals surface area contributed by atoms with Crippen LogP contribution in [-0.4, -0.2) is 36.0 Å². The fourth-order valence-corrected chi connectivity index (χ4v) is 2.77. The molecular formula is C13H18N4O2S. The molecule has 1 aromatic carbocycles. The average molecular weight is 294 g/mol.